The first-order chi connectivity index (χ1) is 5.66. The molecule has 3 N–H and O–H groups in total. The molecule has 1 aliphatic rings. The van der Waals surface area contributed by atoms with Gasteiger partial charge in [-0.3, -0.25) is 15.0 Å². The van der Waals surface area contributed by atoms with Gasteiger partial charge in [-0.05, 0) is 12.8 Å². The molecule has 1 atom stereocenters. The summed E-state index contributed by atoms with van der Waals surface area (Å²) < 4.78 is 0. The molecular formula is C7H13N3O2. The van der Waals surface area contributed by atoms with Crippen LogP contribution in [0.1, 0.15) is 19.8 Å². The molecule has 12 heavy (non-hydrogen) atoms. The maximum absolute atomic E-state index is 11.1. The maximum Gasteiger partial charge on any atom is 0.256 e. The van der Waals surface area contributed by atoms with Crippen LogP contribution in [0.3, 0.4) is 0 Å². The van der Waals surface area contributed by atoms with Gasteiger partial charge < -0.3 is 4.90 Å². The van der Waals surface area contributed by atoms with E-state index in [1.807, 2.05) is 0 Å². The number of carbonyl (C=O) groups excluding carboxylic acids is 2. The van der Waals surface area contributed by atoms with Crippen molar-refractivity contribution >= 4 is 11.8 Å². The zero-order chi connectivity index (χ0) is 9.14. The van der Waals surface area contributed by atoms with Crippen molar-refractivity contribution in [2.45, 2.75) is 25.8 Å². The second-order valence-electron chi connectivity index (χ2n) is 2.88. The molecule has 68 valence electrons. The summed E-state index contributed by atoms with van der Waals surface area (Å²) in [4.78, 5) is 23.6. The highest BCUT2D eigenvalue weighted by Crippen LogP contribution is 2.16. The molecule has 5 nitrogen and oxygen atoms in total. The van der Waals surface area contributed by atoms with Gasteiger partial charge in [0.25, 0.3) is 5.91 Å². The largest absolute Gasteiger partial charge is 0.331 e. The average Bonchev–Trinajstić information content (AvgIpc) is 2.50. The van der Waals surface area contributed by atoms with Gasteiger partial charge >= 0.3 is 0 Å². The lowest BCUT2D eigenvalue weighted by Crippen LogP contribution is -2.47. The molecule has 0 saturated carbocycles. The van der Waals surface area contributed by atoms with Gasteiger partial charge in [-0.25, -0.2) is 5.84 Å². The minimum Gasteiger partial charge on any atom is -0.331 e. The number of likely N-dealkylation sites (tertiary alicyclic amines) is 1. The zero-order valence-corrected chi connectivity index (χ0v) is 7.04. The minimum atomic E-state index is -0.354. The predicted octanol–water partition coefficient (Wildman–Crippen LogP) is -1.01. The molecule has 0 spiro atoms. The van der Waals surface area contributed by atoms with Crippen LogP contribution in [0.5, 0.6) is 0 Å². The smallest absolute Gasteiger partial charge is 0.256 e. The van der Waals surface area contributed by atoms with Crippen LogP contribution in [0.25, 0.3) is 0 Å². The molecule has 1 saturated heterocycles. The monoisotopic (exact) mass is 171 g/mol. The van der Waals surface area contributed by atoms with Crippen molar-refractivity contribution in [3.63, 3.8) is 0 Å². The van der Waals surface area contributed by atoms with Crippen LogP contribution in [0.15, 0.2) is 0 Å². The highest BCUT2D eigenvalue weighted by Gasteiger charge is 2.31. The lowest BCUT2D eigenvalue weighted by Gasteiger charge is -2.21. The fraction of sp³-hybridized carbons (Fsp3) is 0.714. The highest BCUT2D eigenvalue weighted by atomic mass is 16.2. The SMILES string of the molecule is CC(=O)N1CCCC1C(=O)NN. The molecule has 0 aromatic rings. The van der Waals surface area contributed by atoms with Crippen molar-refractivity contribution < 1.29 is 9.59 Å². The number of carbonyl (C=O) groups is 2. The van der Waals surface area contributed by atoms with Gasteiger partial charge in [0.1, 0.15) is 6.04 Å². The first-order valence-electron chi connectivity index (χ1n) is 3.94. The molecule has 0 aromatic carbocycles. The molecule has 1 fully saturated rings. The van der Waals surface area contributed by atoms with Crippen LogP contribution in [-0.2, 0) is 9.59 Å². The second-order valence-corrected chi connectivity index (χ2v) is 2.88. The molecule has 1 unspecified atom stereocenters. The molecule has 1 heterocycles. The van der Waals surface area contributed by atoms with Gasteiger partial charge in [0.2, 0.25) is 5.91 Å². The van der Waals surface area contributed by atoms with E-state index in [9.17, 15) is 9.59 Å². The van der Waals surface area contributed by atoms with Crippen LogP contribution >= 0.6 is 0 Å². The first kappa shape index (κ1) is 8.99. The summed E-state index contributed by atoms with van der Waals surface area (Å²) in [7, 11) is 0. The molecule has 2 amide bonds. The molecule has 0 radical (unpaired) electrons. The number of nitrogens with one attached hydrogen (secondary N) is 1. The Morgan fingerprint density at radius 1 is 1.58 bits per heavy atom. The van der Waals surface area contributed by atoms with Crippen LogP contribution in [0.4, 0.5) is 0 Å². The Morgan fingerprint density at radius 3 is 2.75 bits per heavy atom. The zero-order valence-electron chi connectivity index (χ0n) is 7.04. The van der Waals surface area contributed by atoms with Gasteiger partial charge in [0.05, 0.1) is 0 Å². The number of amides is 2. The second kappa shape index (κ2) is 3.53. The van der Waals surface area contributed by atoms with Crippen molar-refractivity contribution in [3.8, 4) is 0 Å². The van der Waals surface area contributed by atoms with E-state index in [1.54, 1.807) is 4.90 Å². The van der Waals surface area contributed by atoms with Gasteiger partial charge in [-0.1, -0.05) is 0 Å². The summed E-state index contributed by atoms with van der Waals surface area (Å²) in [5, 5.41) is 0. The third-order valence-corrected chi connectivity index (χ3v) is 2.10. The van der Waals surface area contributed by atoms with Crippen molar-refractivity contribution in [2.75, 3.05) is 6.54 Å². The van der Waals surface area contributed by atoms with E-state index < -0.39 is 0 Å². The van der Waals surface area contributed by atoms with E-state index in [2.05, 4.69) is 5.43 Å². The predicted molar refractivity (Wildman–Crippen MR) is 42.7 cm³/mol. The topological polar surface area (TPSA) is 75.4 Å². The summed E-state index contributed by atoms with van der Waals surface area (Å²) in [5.41, 5.74) is 2.06. The Kier molecular flexibility index (Phi) is 2.65. The first-order valence-corrected chi connectivity index (χ1v) is 3.94. The molecule has 1 rings (SSSR count). The quantitative estimate of drug-likeness (QED) is 0.301. The van der Waals surface area contributed by atoms with E-state index in [0.717, 1.165) is 6.42 Å². The molecule has 5 heteroatoms. The normalized spacial score (nSPS) is 22.5. The Bertz CT molecular complexity index is 205. The van der Waals surface area contributed by atoms with Crippen molar-refractivity contribution in [1.29, 1.82) is 0 Å². The number of hydrazine groups is 1. The van der Waals surface area contributed by atoms with Gasteiger partial charge in [-0.2, -0.15) is 0 Å². The lowest BCUT2D eigenvalue weighted by molar-refractivity contribution is -0.136. The minimum absolute atomic E-state index is 0.0684. The van der Waals surface area contributed by atoms with E-state index >= 15 is 0 Å². The Morgan fingerprint density at radius 2 is 2.25 bits per heavy atom. The highest BCUT2D eigenvalue weighted by molar-refractivity contribution is 5.86. The van der Waals surface area contributed by atoms with Gasteiger partial charge in [-0.15, -0.1) is 0 Å². The van der Waals surface area contributed by atoms with Crippen LogP contribution in [-0.4, -0.2) is 29.3 Å². The average molecular weight is 171 g/mol. The summed E-state index contributed by atoms with van der Waals surface area (Å²) >= 11 is 0. The Hall–Kier alpha value is -1.10. The van der Waals surface area contributed by atoms with Crippen molar-refractivity contribution in [2.24, 2.45) is 5.84 Å². The maximum atomic E-state index is 11.1. The molecule has 0 bridgehead atoms. The standard InChI is InChI=1S/C7H13N3O2/c1-5(11)10-4-2-3-6(10)7(12)9-8/h6H,2-4,8H2,1H3,(H,9,12). The van der Waals surface area contributed by atoms with Crippen LogP contribution in [0.2, 0.25) is 0 Å². The Labute approximate surface area is 70.9 Å². The van der Waals surface area contributed by atoms with Crippen molar-refractivity contribution in [3.05, 3.63) is 0 Å². The number of hydrogen-bond donors (Lipinski definition) is 2. The lowest BCUT2D eigenvalue weighted by atomic mass is 10.2. The number of nitrogens with two attached hydrogens (primary N) is 1. The Balaban J connectivity index is 2.63. The van der Waals surface area contributed by atoms with Gasteiger partial charge in [0.15, 0.2) is 0 Å². The fourth-order valence-corrected chi connectivity index (χ4v) is 1.51. The number of nitrogens with zero attached hydrogens (tertiary/aromatic N) is 1. The third kappa shape index (κ3) is 1.55. The number of rotatable bonds is 1. The fourth-order valence-electron chi connectivity index (χ4n) is 1.51. The van der Waals surface area contributed by atoms with Crippen LogP contribution in [0, 0.1) is 0 Å². The van der Waals surface area contributed by atoms with E-state index in [-0.39, 0.29) is 17.9 Å². The third-order valence-electron chi connectivity index (χ3n) is 2.10. The number of hydrogen-bond acceptors (Lipinski definition) is 3. The van der Waals surface area contributed by atoms with Gasteiger partial charge in [0, 0.05) is 13.5 Å². The van der Waals surface area contributed by atoms with Crippen molar-refractivity contribution in [1.82, 2.24) is 10.3 Å². The van der Waals surface area contributed by atoms with E-state index in [4.69, 9.17) is 5.84 Å². The molecule has 1 aliphatic heterocycles. The van der Waals surface area contributed by atoms with E-state index in [1.165, 1.54) is 6.92 Å². The molecule has 0 aromatic heterocycles. The summed E-state index contributed by atoms with van der Waals surface area (Å²) in [6, 6.07) is -0.354. The van der Waals surface area contributed by atoms with Crippen LogP contribution < -0.4 is 11.3 Å². The summed E-state index contributed by atoms with van der Waals surface area (Å²) in [5.74, 6) is 4.63. The van der Waals surface area contributed by atoms with E-state index in [0.29, 0.717) is 13.0 Å². The molecular weight excluding hydrogens is 158 g/mol. The summed E-state index contributed by atoms with van der Waals surface area (Å²) in [6.07, 6.45) is 1.58. The summed E-state index contributed by atoms with van der Waals surface area (Å²) in [6.45, 7) is 2.12. The molecule has 0 aliphatic carbocycles.